The number of rotatable bonds is 6. The molecule has 0 bridgehead atoms. The maximum Gasteiger partial charge on any atom is 0.246 e. The van der Waals surface area contributed by atoms with Crippen molar-refractivity contribution in [1.82, 2.24) is 35.0 Å². The second-order valence-electron chi connectivity index (χ2n) is 6.90. The number of imidazole rings is 1. The molecule has 1 N–H and O–H groups in total. The molecule has 4 aromatic rings. The van der Waals surface area contributed by atoms with Gasteiger partial charge in [0.2, 0.25) is 17.6 Å². The van der Waals surface area contributed by atoms with Gasteiger partial charge in [-0.2, -0.15) is 4.98 Å². The highest BCUT2D eigenvalue weighted by Crippen LogP contribution is 2.24. The summed E-state index contributed by atoms with van der Waals surface area (Å²) in [4.78, 5) is 31.4. The van der Waals surface area contributed by atoms with Gasteiger partial charge < -0.3 is 14.7 Å². The van der Waals surface area contributed by atoms with Gasteiger partial charge in [-0.15, -0.1) is 0 Å². The Bertz CT molecular complexity index is 1140. The number of nitrogens with zero attached hydrogens (tertiary/aromatic N) is 7. The third-order valence-electron chi connectivity index (χ3n) is 4.90. The second kappa shape index (κ2) is 7.74. The van der Waals surface area contributed by atoms with Crippen LogP contribution in [0.3, 0.4) is 0 Å². The van der Waals surface area contributed by atoms with Gasteiger partial charge in [0.15, 0.2) is 0 Å². The fourth-order valence-electron chi connectivity index (χ4n) is 3.22. The van der Waals surface area contributed by atoms with Crippen LogP contribution in [0.15, 0.2) is 66.0 Å². The minimum atomic E-state index is -0.117. The molecule has 0 unspecified atom stereocenters. The van der Waals surface area contributed by atoms with E-state index in [0.29, 0.717) is 24.8 Å². The average molecular weight is 402 g/mol. The van der Waals surface area contributed by atoms with Crippen molar-refractivity contribution in [3.63, 3.8) is 0 Å². The average Bonchev–Trinajstić information content (AvgIpc) is 3.44. The smallest absolute Gasteiger partial charge is 0.246 e. The molecule has 10 nitrogen and oxygen atoms in total. The summed E-state index contributed by atoms with van der Waals surface area (Å²) in [6.07, 6.45) is 6.70. The first-order valence-electron chi connectivity index (χ1n) is 9.47. The van der Waals surface area contributed by atoms with Crippen molar-refractivity contribution in [2.24, 2.45) is 5.92 Å². The molecule has 0 aliphatic carbocycles. The minimum Gasteiger partial charge on any atom is -0.355 e. The molecule has 0 radical (unpaired) electrons. The van der Waals surface area contributed by atoms with Crippen LogP contribution in [0.25, 0.3) is 17.2 Å². The van der Waals surface area contributed by atoms with Gasteiger partial charge in [-0.3, -0.25) is 9.36 Å². The first-order valence-corrected chi connectivity index (χ1v) is 9.47. The second-order valence-corrected chi connectivity index (χ2v) is 6.90. The Morgan fingerprint density at radius 3 is 2.80 bits per heavy atom. The molecular formula is C20H18N8O2. The zero-order chi connectivity index (χ0) is 20.3. The zero-order valence-corrected chi connectivity index (χ0v) is 15.9. The zero-order valence-electron chi connectivity index (χ0n) is 15.9. The molecule has 150 valence electrons. The van der Waals surface area contributed by atoms with Crippen molar-refractivity contribution in [1.29, 1.82) is 0 Å². The lowest BCUT2D eigenvalue weighted by molar-refractivity contribution is -0.126. The molecule has 1 saturated heterocycles. The summed E-state index contributed by atoms with van der Waals surface area (Å²) in [5.41, 5.74) is 0.869. The van der Waals surface area contributed by atoms with Gasteiger partial charge in [0.05, 0.1) is 12.5 Å². The first-order chi connectivity index (χ1) is 14.8. The fraction of sp³-hybridized carbons (Fsp3) is 0.200. The molecule has 1 fully saturated rings. The van der Waals surface area contributed by atoms with Crippen molar-refractivity contribution in [3.05, 3.63) is 67.3 Å². The van der Waals surface area contributed by atoms with E-state index in [4.69, 9.17) is 4.52 Å². The summed E-state index contributed by atoms with van der Waals surface area (Å²) >= 11 is 0. The Hall–Kier alpha value is -4.08. The number of amides is 1. The summed E-state index contributed by atoms with van der Waals surface area (Å²) in [6.45, 7) is 1.38. The van der Waals surface area contributed by atoms with Gasteiger partial charge >= 0.3 is 0 Å². The predicted octanol–water partition coefficient (Wildman–Crippen LogP) is 1.46. The minimum absolute atomic E-state index is 0.0467. The number of anilines is 1. The van der Waals surface area contributed by atoms with Crippen molar-refractivity contribution in [2.45, 2.75) is 6.54 Å². The van der Waals surface area contributed by atoms with E-state index in [9.17, 15) is 4.79 Å². The molecular weight excluding hydrogens is 384 g/mol. The lowest BCUT2D eigenvalue weighted by Crippen LogP contribution is -2.54. The molecule has 0 spiro atoms. The van der Waals surface area contributed by atoms with Gasteiger partial charge in [-0.1, -0.05) is 35.5 Å². The van der Waals surface area contributed by atoms with Crippen LogP contribution in [0.5, 0.6) is 0 Å². The number of hydrogen-bond acceptors (Lipinski definition) is 8. The first kappa shape index (κ1) is 18.0. The largest absolute Gasteiger partial charge is 0.355 e. The summed E-state index contributed by atoms with van der Waals surface area (Å²) in [5, 5.41) is 6.82. The van der Waals surface area contributed by atoms with E-state index in [1.54, 1.807) is 12.5 Å². The lowest BCUT2D eigenvalue weighted by atomic mass is 9.99. The van der Waals surface area contributed by atoms with Crippen LogP contribution in [-0.4, -0.2) is 48.7 Å². The molecule has 3 aromatic heterocycles. The van der Waals surface area contributed by atoms with Crippen LogP contribution in [0, 0.1) is 5.92 Å². The fourth-order valence-corrected chi connectivity index (χ4v) is 3.22. The van der Waals surface area contributed by atoms with Crippen molar-refractivity contribution < 1.29 is 9.32 Å². The van der Waals surface area contributed by atoms with Gasteiger partial charge in [-0.25, -0.2) is 15.0 Å². The molecule has 30 heavy (non-hydrogen) atoms. The Morgan fingerprint density at radius 2 is 2.00 bits per heavy atom. The Kier molecular flexibility index (Phi) is 4.64. The molecule has 1 aromatic carbocycles. The SMILES string of the molecule is O=C(NCc1nc(-c2ccccc2)no1)C1CN(c2cc(-n3ccnc3)ncn2)C1. The third kappa shape index (κ3) is 3.62. The number of aromatic nitrogens is 6. The van der Waals surface area contributed by atoms with E-state index in [0.717, 1.165) is 17.2 Å². The highest BCUT2D eigenvalue weighted by Gasteiger charge is 2.33. The summed E-state index contributed by atoms with van der Waals surface area (Å²) in [7, 11) is 0. The van der Waals surface area contributed by atoms with Gasteiger partial charge in [-0.05, 0) is 0 Å². The summed E-state index contributed by atoms with van der Waals surface area (Å²) in [6, 6.07) is 11.4. The van der Waals surface area contributed by atoms with Gasteiger partial charge in [0.1, 0.15) is 24.3 Å². The van der Waals surface area contributed by atoms with E-state index in [2.05, 4.69) is 30.4 Å². The standard InChI is InChI=1S/C20H18N8O2/c29-20(22-9-18-25-19(26-30-18)14-4-2-1-3-5-14)15-10-28(11-15)17-8-16(23-12-24-17)27-7-6-21-13-27/h1-8,12-13,15H,9-11H2,(H,22,29). The molecule has 4 heterocycles. The maximum absolute atomic E-state index is 12.4. The highest BCUT2D eigenvalue weighted by atomic mass is 16.5. The Labute approximate surface area is 171 Å². The van der Waals surface area contributed by atoms with Gasteiger partial charge in [0.25, 0.3) is 0 Å². The number of hydrogen-bond donors (Lipinski definition) is 1. The molecule has 10 heteroatoms. The quantitative estimate of drug-likeness (QED) is 0.516. The molecule has 1 amide bonds. The van der Waals surface area contributed by atoms with Crippen molar-refractivity contribution in [2.75, 3.05) is 18.0 Å². The molecule has 0 saturated carbocycles. The van der Waals surface area contributed by atoms with Crippen molar-refractivity contribution in [3.8, 4) is 17.2 Å². The number of carbonyl (C=O) groups excluding carboxylic acids is 1. The van der Waals surface area contributed by atoms with E-state index in [-0.39, 0.29) is 18.4 Å². The molecule has 5 rings (SSSR count). The Balaban J connectivity index is 1.14. The van der Waals surface area contributed by atoms with E-state index in [1.807, 2.05) is 52.1 Å². The van der Waals surface area contributed by atoms with Crippen LogP contribution in [0.1, 0.15) is 5.89 Å². The number of benzene rings is 1. The summed E-state index contributed by atoms with van der Waals surface area (Å²) in [5.74, 6) is 2.23. The topological polar surface area (TPSA) is 115 Å². The molecule has 1 aliphatic rings. The van der Waals surface area contributed by atoms with Crippen LogP contribution >= 0.6 is 0 Å². The number of nitrogens with one attached hydrogen (secondary N) is 1. The van der Waals surface area contributed by atoms with Crippen LogP contribution < -0.4 is 10.2 Å². The Morgan fingerprint density at radius 1 is 1.17 bits per heavy atom. The van der Waals surface area contributed by atoms with Crippen molar-refractivity contribution >= 4 is 11.7 Å². The van der Waals surface area contributed by atoms with E-state index < -0.39 is 0 Å². The van der Waals surface area contributed by atoms with Crippen LogP contribution in [-0.2, 0) is 11.3 Å². The summed E-state index contributed by atoms with van der Waals surface area (Å²) < 4.78 is 7.04. The highest BCUT2D eigenvalue weighted by molar-refractivity contribution is 5.81. The normalized spacial score (nSPS) is 13.8. The monoisotopic (exact) mass is 402 g/mol. The maximum atomic E-state index is 12.4. The number of carbonyl (C=O) groups is 1. The van der Waals surface area contributed by atoms with E-state index in [1.165, 1.54) is 6.33 Å². The lowest BCUT2D eigenvalue weighted by Gasteiger charge is -2.39. The molecule has 0 atom stereocenters. The molecule has 1 aliphatic heterocycles. The van der Waals surface area contributed by atoms with Crippen LogP contribution in [0.2, 0.25) is 0 Å². The van der Waals surface area contributed by atoms with Crippen LogP contribution in [0.4, 0.5) is 5.82 Å². The third-order valence-corrected chi connectivity index (χ3v) is 4.90. The predicted molar refractivity (Wildman–Crippen MR) is 106 cm³/mol. The van der Waals surface area contributed by atoms with Gasteiger partial charge in [0, 0.05) is 37.1 Å². The van der Waals surface area contributed by atoms with E-state index >= 15 is 0 Å².